The summed E-state index contributed by atoms with van der Waals surface area (Å²) in [5.41, 5.74) is 1.30. The van der Waals surface area contributed by atoms with Gasteiger partial charge in [0, 0.05) is 18.5 Å². The Labute approximate surface area is 188 Å². The number of halogens is 2. The lowest BCUT2D eigenvalue weighted by Gasteiger charge is -2.18. The minimum absolute atomic E-state index is 0. The number of methoxy groups -OCH3 is 1. The quantitative estimate of drug-likeness (QED) is 0.286. The lowest BCUT2D eigenvalue weighted by atomic mass is 9.95. The second kappa shape index (κ2) is 10.8. The first-order valence-electron chi connectivity index (χ1n) is 9.67. The van der Waals surface area contributed by atoms with Gasteiger partial charge in [-0.2, -0.15) is 0 Å². The van der Waals surface area contributed by atoms with Crippen LogP contribution in [0.3, 0.4) is 0 Å². The fourth-order valence-corrected chi connectivity index (χ4v) is 3.29. The molecule has 0 saturated heterocycles. The van der Waals surface area contributed by atoms with Crippen molar-refractivity contribution in [2.75, 3.05) is 26.7 Å². The second-order valence-corrected chi connectivity index (χ2v) is 7.13. The molecule has 1 atom stereocenters. The molecular weight excluding hydrogens is 484 g/mol. The molecule has 0 radical (unpaired) electrons. The predicted octanol–water partition coefficient (Wildman–Crippen LogP) is 3.77. The van der Waals surface area contributed by atoms with Crippen LogP contribution < -0.4 is 15.4 Å². The van der Waals surface area contributed by atoms with Gasteiger partial charge in [0.25, 0.3) is 0 Å². The highest BCUT2D eigenvalue weighted by Crippen LogP contribution is 2.49. The van der Waals surface area contributed by atoms with Crippen LogP contribution in [-0.2, 0) is 5.41 Å². The Morgan fingerprint density at radius 3 is 2.62 bits per heavy atom. The van der Waals surface area contributed by atoms with Crippen LogP contribution in [0, 0.1) is 5.82 Å². The molecule has 1 unspecified atom stereocenters. The van der Waals surface area contributed by atoms with E-state index in [1.165, 1.54) is 6.07 Å². The average Bonchev–Trinajstić information content (AvgIpc) is 3.51. The third-order valence-corrected chi connectivity index (χ3v) is 5.12. The van der Waals surface area contributed by atoms with Gasteiger partial charge in [-0.25, -0.2) is 4.39 Å². The average molecular weight is 513 g/mol. The lowest BCUT2D eigenvalue weighted by molar-refractivity contribution is 0.180. The summed E-state index contributed by atoms with van der Waals surface area (Å²) in [7, 11) is 1.60. The number of aliphatic hydroxyl groups is 1. The Kier molecular flexibility index (Phi) is 8.70. The van der Waals surface area contributed by atoms with Gasteiger partial charge in [0.1, 0.15) is 11.6 Å². The Morgan fingerprint density at radius 2 is 1.97 bits per heavy atom. The number of aliphatic hydroxyl groups excluding tert-OH is 1. The van der Waals surface area contributed by atoms with E-state index in [0.717, 1.165) is 24.0 Å². The van der Waals surface area contributed by atoms with Gasteiger partial charge in [0.05, 0.1) is 19.8 Å². The molecule has 1 aliphatic carbocycles. The predicted molar refractivity (Wildman–Crippen MR) is 125 cm³/mol. The number of guanidine groups is 1. The van der Waals surface area contributed by atoms with Crippen LogP contribution in [0.2, 0.25) is 0 Å². The first kappa shape index (κ1) is 23.4. The summed E-state index contributed by atoms with van der Waals surface area (Å²) in [6, 6.07) is 14.3. The Morgan fingerprint density at radius 1 is 1.21 bits per heavy atom. The maximum Gasteiger partial charge on any atom is 0.191 e. The topological polar surface area (TPSA) is 65.9 Å². The Balaban J connectivity index is 0.00000300. The van der Waals surface area contributed by atoms with Crippen molar-refractivity contribution in [2.24, 2.45) is 4.99 Å². The molecule has 7 heteroatoms. The van der Waals surface area contributed by atoms with Crippen molar-refractivity contribution in [2.45, 2.75) is 31.3 Å². The summed E-state index contributed by atoms with van der Waals surface area (Å²) in [4.78, 5) is 4.66. The van der Waals surface area contributed by atoms with E-state index in [1.807, 2.05) is 43.3 Å². The summed E-state index contributed by atoms with van der Waals surface area (Å²) in [6.45, 7) is 3.51. The number of nitrogens with zero attached hydrogens (tertiary/aromatic N) is 1. The van der Waals surface area contributed by atoms with Gasteiger partial charge >= 0.3 is 0 Å². The molecule has 3 rings (SSSR count). The first-order chi connectivity index (χ1) is 13.6. The molecule has 2 aromatic rings. The van der Waals surface area contributed by atoms with Gasteiger partial charge in [-0.05, 0) is 49.1 Å². The third kappa shape index (κ3) is 6.05. The van der Waals surface area contributed by atoms with Crippen LogP contribution in [-0.4, -0.2) is 37.8 Å². The van der Waals surface area contributed by atoms with E-state index in [4.69, 9.17) is 4.74 Å². The van der Waals surface area contributed by atoms with Crippen molar-refractivity contribution in [1.29, 1.82) is 0 Å². The molecule has 1 aliphatic rings. The number of hydrogen-bond donors (Lipinski definition) is 3. The van der Waals surface area contributed by atoms with Gasteiger partial charge in [0.2, 0.25) is 0 Å². The molecule has 5 nitrogen and oxygen atoms in total. The van der Waals surface area contributed by atoms with Crippen molar-refractivity contribution < 1.29 is 14.2 Å². The SMILES string of the molecule is CCNC(=NCC1(c2ccccc2F)CC1)NCC(O)c1cccc(OC)c1.I. The molecular formula is C22H29FIN3O2. The molecule has 1 saturated carbocycles. The summed E-state index contributed by atoms with van der Waals surface area (Å²) >= 11 is 0. The van der Waals surface area contributed by atoms with Gasteiger partial charge in [-0.15, -0.1) is 24.0 Å². The smallest absolute Gasteiger partial charge is 0.191 e. The van der Waals surface area contributed by atoms with E-state index in [0.29, 0.717) is 31.3 Å². The minimum atomic E-state index is -0.694. The molecule has 29 heavy (non-hydrogen) atoms. The first-order valence-corrected chi connectivity index (χ1v) is 9.67. The van der Waals surface area contributed by atoms with Crippen molar-refractivity contribution >= 4 is 29.9 Å². The fraction of sp³-hybridized carbons (Fsp3) is 0.409. The van der Waals surface area contributed by atoms with E-state index < -0.39 is 6.10 Å². The standard InChI is InChI=1S/C22H28FN3O2.HI/c1-3-24-21(25-14-20(27)16-7-6-8-17(13-16)28-2)26-15-22(11-12-22)18-9-4-5-10-19(18)23;/h4-10,13,20,27H,3,11-12,14-15H2,1-2H3,(H2,24,25,26);1H. The lowest BCUT2D eigenvalue weighted by Crippen LogP contribution is -2.40. The molecule has 158 valence electrons. The summed E-state index contributed by atoms with van der Waals surface area (Å²) < 4.78 is 19.4. The number of hydrogen-bond acceptors (Lipinski definition) is 3. The van der Waals surface area contributed by atoms with Crippen molar-refractivity contribution in [3.8, 4) is 5.75 Å². The zero-order chi connectivity index (χ0) is 20.0. The van der Waals surface area contributed by atoms with Gasteiger partial charge in [-0.3, -0.25) is 4.99 Å². The molecule has 0 aliphatic heterocycles. The molecule has 0 amide bonds. The Bertz CT molecular complexity index is 827. The zero-order valence-electron chi connectivity index (χ0n) is 16.8. The van der Waals surface area contributed by atoms with Gasteiger partial charge in [-0.1, -0.05) is 30.3 Å². The summed E-state index contributed by atoms with van der Waals surface area (Å²) in [5, 5.41) is 16.8. The number of aliphatic imine (C=N–C) groups is 1. The maximum atomic E-state index is 14.2. The fourth-order valence-electron chi connectivity index (χ4n) is 3.29. The summed E-state index contributed by atoms with van der Waals surface area (Å²) in [6.07, 6.45) is 1.17. The van der Waals surface area contributed by atoms with Gasteiger partial charge in [0.15, 0.2) is 5.96 Å². The highest BCUT2D eigenvalue weighted by Gasteiger charge is 2.45. The molecule has 0 spiro atoms. The van der Waals surface area contributed by atoms with E-state index in [2.05, 4.69) is 15.6 Å². The van der Waals surface area contributed by atoms with E-state index in [1.54, 1.807) is 13.2 Å². The van der Waals surface area contributed by atoms with Crippen molar-refractivity contribution in [1.82, 2.24) is 10.6 Å². The van der Waals surface area contributed by atoms with E-state index in [-0.39, 0.29) is 35.2 Å². The summed E-state index contributed by atoms with van der Waals surface area (Å²) in [5.74, 6) is 1.16. The van der Waals surface area contributed by atoms with Crippen LogP contribution >= 0.6 is 24.0 Å². The van der Waals surface area contributed by atoms with Crippen LogP contribution in [0.4, 0.5) is 4.39 Å². The van der Waals surface area contributed by atoms with Crippen molar-refractivity contribution in [3.63, 3.8) is 0 Å². The largest absolute Gasteiger partial charge is 0.497 e. The van der Waals surface area contributed by atoms with Crippen LogP contribution in [0.15, 0.2) is 53.5 Å². The molecule has 1 fully saturated rings. The molecule has 0 heterocycles. The van der Waals surface area contributed by atoms with Crippen LogP contribution in [0.25, 0.3) is 0 Å². The third-order valence-electron chi connectivity index (χ3n) is 5.12. The minimum Gasteiger partial charge on any atom is -0.497 e. The highest BCUT2D eigenvalue weighted by molar-refractivity contribution is 14.0. The molecule has 3 N–H and O–H groups in total. The molecule has 0 aromatic heterocycles. The van der Waals surface area contributed by atoms with E-state index in [9.17, 15) is 9.50 Å². The highest BCUT2D eigenvalue weighted by atomic mass is 127. The normalized spacial score (nSPS) is 15.8. The number of ether oxygens (including phenoxy) is 1. The van der Waals surface area contributed by atoms with Crippen LogP contribution in [0.1, 0.15) is 37.0 Å². The second-order valence-electron chi connectivity index (χ2n) is 7.13. The van der Waals surface area contributed by atoms with Crippen molar-refractivity contribution in [3.05, 3.63) is 65.5 Å². The van der Waals surface area contributed by atoms with E-state index >= 15 is 0 Å². The van der Waals surface area contributed by atoms with Gasteiger partial charge < -0.3 is 20.5 Å². The number of nitrogens with one attached hydrogen (secondary N) is 2. The maximum absolute atomic E-state index is 14.2. The number of rotatable bonds is 8. The Hall–Kier alpha value is -1.87. The molecule has 2 aromatic carbocycles. The monoisotopic (exact) mass is 513 g/mol. The zero-order valence-corrected chi connectivity index (χ0v) is 19.2. The molecule has 0 bridgehead atoms. The number of benzene rings is 2. The van der Waals surface area contributed by atoms with Crippen LogP contribution in [0.5, 0.6) is 5.75 Å².